The molecule has 5 nitrogen and oxygen atoms in total. The normalized spacial score (nSPS) is 16.9. The molecule has 22 heavy (non-hydrogen) atoms. The maximum Gasteiger partial charge on any atom is 0.257 e. The molecule has 3 N–H and O–H groups in total. The number of hydrogen-bond acceptors (Lipinski definition) is 5. The maximum atomic E-state index is 12.3. The van der Waals surface area contributed by atoms with Gasteiger partial charge in [-0.25, -0.2) is 4.98 Å². The standard InChI is InChI=1S/C16H19N3O2S/c1-2-21-12-6-3-10(4-7-12)15(20)19-16-18-13-8-5-11(17)9-14(13)22-16/h3-4,6-7,11H,2,5,8-9,17H2,1H3,(H,18,19,20)/t11-/m0/s1. The molecule has 0 spiro atoms. The second-order valence-electron chi connectivity index (χ2n) is 5.30. The van der Waals surface area contributed by atoms with Crippen molar-refractivity contribution in [1.82, 2.24) is 4.98 Å². The molecular weight excluding hydrogens is 298 g/mol. The first kappa shape index (κ1) is 15.0. The summed E-state index contributed by atoms with van der Waals surface area (Å²) in [7, 11) is 0. The molecule has 6 heteroatoms. The van der Waals surface area contributed by atoms with E-state index >= 15 is 0 Å². The van der Waals surface area contributed by atoms with Crippen LogP contribution in [0.1, 0.15) is 34.3 Å². The van der Waals surface area contributed by atoms with Crippen LogP contribution >= 0.6 is 11.3 Å². The first-order chi connectivity index (χ1) is 10.7. The first-order valence-corrected chi connectivity index (χ1v) is 8.25. The molecule has 0 unspecified atom stereocenters. The highest BCUT2D eigenvalue weighted by molar-refractivity contribution is 7.15. The summed E-state index contributed by atoms with van der Waals surface area (Å²) >= 11 is 1.53. The smallest absolute Gasteiger partial charge is 0.257 e. The van der Waals surface area contributed by atoms with Gasteiger partial charge in [0.2, 0.25) is 0 Å². The van der Waals surface area contributed by atoms with Gasteiger partial charge in [-0.3, -0.25) is 10.1 Å². The van der Waals surface area contributed by atoms with Gasteiger partial charge in [0.25, 0.3) is 5.91 Å². The van der Waals surface area contributed by atoms with E-state index in [4.69, 9.17) is 10.5 Å². The average Bonchev–Trinajstić information content (AvgIpc) is 2.89. The summed E-state index contributed by atoms with van der Waals surface area (Å²) < 4.78 is 5.37. The predicted octanol–water partition coefficient (Wildman–Crippen LogP) is 2.61. The van der Waals surface area contributed by atoms with E-state index < -0.39 is 0 Å². The van der Waals surface area contributed by atoms with Crippen LogP contribution in [0, 0.1) is 0 Å². The molecule has 0 aliphatic heterocycles. The lowest BCUT2D eigenvalue weighted by Gasteiger charge is -2.15. The molecule has 3 rings (SSSR count). The van der Waals surface area contributed by atoms with Crippen molar-refractivity contribution in [3.05, 3.63) is 40.4 Å². The van der Waals surface area contributed by atoms with Crippen molar-refractivity contribution >= 4 is 22.4 Å². The number of carbonyl (C=O) groups is 1. The number of hydrogen-bond donors (Lipinski definition) is 2. The third-order valence-electron chi connectivity index (χ3n) is 3.63. The second kappa shape index (κ2) is 6.46. The molecule has 1 heterocycles. The maximum absolute atomic E-state index is 12.3. The molecule has 0 bridgehead atoms. The van der Waals surface area contributed by atoms with Crippen molar-refractivity contribution in [3.8, 4) is 5.75 Å². The van der Waals surface area contributed by atoms with Crippen molar-refractivity contribution in [2.75, 3.05) is 11.9 Å². The number of aryl methyl sites for hydroxylation is 1. The zero-order valence-corrected chi connectivity index (χ0v) is 13.3. The highest BCUT2D eigenvalue weighted by atomic mass is 32.1. The Morgan fingerprint density at radius 3 is 2.95 bits per heavy atom. The van der Waals surface area contributed by atoms with E-state index in [9.17, 15) is 4.79 Å². The number of fused-ring (bicyclic) bond motifs is 1. The van der Waals surface area contributed by atoms with Crippen molar-refractivity contribution < 1.29 is 9.53 Å². The van der Waals surface area contributed by atoms with Gasteiger partial charge in [-0.1, -0.05) is 0 Å². The zero-order valence-electron chi connectivity index (χ0n) is 12.5. The summed E-state index contributed by atoms with van der Waals surface area (Å²) in [5.41, 5.74) is 7.64. The van der Waals surface area contributed by atoms with Crippen LogP contribution in [0.15, 0.2) is 24.3 Å². The minimum atomic E-state index is -0.154. The van der Waals surface area contributed by atoms with E-state index in [2.05, 4.69) is 10.3 Å². The highest BCUT2D eigenvalue weighted by Crippen LogP contribution is 2.29. The number of carbonyl (C=O) groups excluding carboxylic acids is 1. The van der Waals surface area contributed by atoms with Crippen molar-refractivity contribution in [2.45, 2.75) is 32.2 Å². The number of nitrogens with two attached hydrogens (primary N) is 1. The Morgan fingerprint density at radius 1 is 1.45 bits per heavy atom. The van der Waals surface area contributed by atoms with Gasteiger partial charge in [-0.2, -0.15) is 0 Å². The van der Waals surface area contributed by atoms with Gasteiger partial charge in [-0.05, 0) is 50.5 Å². The van der Waals surface area contributed by atoms with Crippen LogP contribution in [0.5, 0.6) is 5.75 Å². The van der Waals surface area contributed by atoms with Crippen molar-refractivity contribution in [3.63, 3.8) is 0 Å². The lowest BCUT2D eigenvalue weighted by atomic mass is 9.99. The number of rotatable bonds is 4. The number of benzene rings is 1. The van der Waals surface area contributed by atoms with Gasteiger partial charge in [0, 0.05) is 16.5 Å². The Hall–Kier alpha value is -1.92. The van der Waals surface area contributed by atoms with Crippen molar-refractivity contribution in [2.24, 2.45) is 5.73 Å². The van der Waals surface area contributed by atoms with Crippen LogP contribution < -0.4 is 15.8 Å². The molecule has 0 fully saturated rings. The topological polar surface area (TPSA) is 77.2 Å². The molecule has 1 aromatic heterocycles. The number of anilines is 1. The van der Waals surface area contributed by atoms with E-state index in [1.54, 1.807) is 24.3 Å². The van der Waals surface area contributed by atoms with Gasteiger partial charge < -0.3 is 10.5 Å². The van der Waals surface area contributed by atoms with E-state index in [-0.39, 0.29) is 11.9 Å². The van der Waals surface area contributed by atoms with E-state index in [0.717, 1.165) is 30.7 Å². The third kappa shape index (κ3) is 3.28. The summed E-state index contributed by atoms with van der Waals surface area (Å²) in [5.74, 6) is 0.608. The molecule has 1 aliphatic carbocycles. The third-order valence-corrected chi connectivity index (χ3v) is 4.66. The molecule has 1 aliphatic rings. The van der Waals surface area contributed by atoms with Crippen LogP contribution in [0.3, 0.4) is 0 Å². The number of ether oxygens (including phenoxy) is 1. The summed E-state index contributed by atoms with van der Waals surface area (Å²) in [5, 5.41) is 3.52. The number of thiazole rings is 1. The first-order valence-electron chi connectivity index (χ1n) is 7.44. The minimum Gasteiger partial charge on any atom is -0.494 e. The minimum absolute atomic E-state index is 0.154. The van der Waals surface area contributed by atoms with Crippen LogP contribution in [-0.2, 0) is 12.8 Å². The lowest BCUT2D eigenvalue weighted by molar-refractivity contribution is 0.102. The molecule has 2 aromatic rings. The number of aromatic nitrogens is 1. The van der Waals surface area contributed by atoms with Crippen LogP contribution in [0.4, 0.5) is 5.13 Å². The summed E-state index contributed by atoms with van der Waals surface area (Å²) in [6.45, 7) is 2.54. The van der Waals surface area contributed by atoms with E-state index in [0.29, 0.717) is 17.3 Å². The van der Waals surface area contributed by atoms with Crippen LogP contribution in [0.25, 0.3) is 0 Å². The van der Waals surface area contributed by atoms with Crippen LogP contribution in [-0.4, -0.2) is 23.5 Å². The molecule has 1 atom stereocenters. The Kier molecular flexibility index (Phi) is 4.40. The predicted molar refractivity (Wildman–Crippen MR) is 87.7 cm³/mol. The van der Waals surface area contributed by atoms with E-state index in [1.165, 1.54) is 16.2 Å². The van der Waals surface area contributed by atoms with E-state index in [1.807, 2.05) is 6.92 Å². The molecule has 1 aromatic carbocycles. The molecule has 0 radical (unpaired) electrons. The molecule has 0 saturated heterocycles. The van der Waals surface area contributed by atoms with Crippen molar-refractivity contribution in [1.29, 1.82) is 0 Å². The fraction of sp³-hybridized carbons (Fsp3) is 0.375. The fourth-order valence-corrected chi connectivity index (χ4v) is 3.59. The number of nitrogens with one attached hydrogen (secondary N) is 1. The Bertz CT molecular complexity index is 667. The highest BCUT2D eigenvalue weighted by Gasteiger charge is 2.20. The van der Waals surface area contributed by atoms with Gasteiger partial charge >= 0.3 is 0 Å². The summed E-state index contributed by atoms with van der Waals surface area (Å²) in [6.07, 6.45) is 2.71. The van der Waals surface area contributed by atoms with Gasteiger partial charge in [0.15, 0.2) is 5.13 Å². The molecule has 0 saturated carbocycles. The van der Waals surface area contributed by atoms with Gasteiger partial charge in [0.05, 0.1) is 12.3 Å². The average molecular weight is 317 g/mol. The fourth-order valence-electron chi connectivity index (χ4n) is 2.49. The molecule has 116 valence electrons. The zero-order chi connectivity index (χ0) is 15.5. The Balaban J connectivity index is 1.69. The lowest BCUT2D eigenvalue weighted by Crippen LogP contribution is -2.27. The Morgan fingerprint density at radius 2 is 2.23 bits per heavy atom. The number of nitrogens with zero attached hydrogens (tertiary/aromatic N) is 1. The van der Waals surface area contributed by atoms with Crippen LogP contribution in [0.2, 0.25) is 0 Å². The monoisotopic (exact) mass is 317 g/mol. The van der Waals surface area contributed by atoms with Gasteiger partial charge in [0.1, 0.15) is 5.75 Å². The summed E-state index contributed by atoms with van der Waals surface area (Å²) in [6, 6.07) is 7.31. The molecule has 1 amide bonds. The SMILES string of the molecule is CCOc1ccc(C(=O)Nc2nc3c(s2)C[C@@H](N)CC3)cc1. The largest absolute Gasteiger partial charge is 0.494 e. The van der Waals surface area contributed by atoms with Gasteiger partial charge in [-0.15, -0.1) is 11.3 Å². The Labute approximate surface area is 133 Å². The summed E-state index contributed by atoms with van der Waals surface area (Å²) in [4.78, 5) is 17.9. The second-order valence-corrected chi connectivity index (χ2v) is 6.39. The number of amides is 1. The quantitative estimate of drug-likeness (QED) is 0.908. The molecular formula is C16H19N3O2S.